The molecule has 2 atom stereocenters. The summed E-state index contributed by atoms with van der Waals surface area (Å²) in [4.78, 5) is 14.3. The van der Waals surface area contributed by atoms with Crippen molar-refractivity contribution >= 4 is 5.91 Å². The first-order valence-corrected chi connectivity index (χ1v) is 7.53. The third kappa shape index (κ3) is 5.91. The zero-order chi connectivity index (χ0) is 15.1. The van der Waals surface area contributed by atoms with Crippen LogP contribution in [-0.2, 0) is 4.79 Å². The van der Waals surface area contributed by atoms with Crippen molar-refractivity contribution in [3.63, 3.8) is 0 Å². The van der Waals surface area contributed by atoms with Crippen LogP contribution in [0.2, 0.25) is 0 Å². The minimum Gasteiger partial charge on any atom is -0.353 e. The number of nitrogens with zero attached hydrogens (tertiary/aromatic N) is 1. The maximum absolute atomic E-state index is 12.1. The molecule has 0 aliphatic carbocycles. The Labute approximate surface area is 119 Å². The van der Waals surface area contributed by atoms with Crippen molar-refractivity contribution in [2.24, 2.45) is 11.7 Å². The Bertz CT molecular complexity index is 260. The fourth-order valence-electron chi connectivity index (χ4n) is 2.64. The molecule has 4 heteroatoms. The van der Waals surface area contributed by atoms with Gasteiger partial charge in [0.15, 0.2) is 0 Å². The molecule has 19 heavy (non-hydrogen) atoms. The number of hydrogen-bond acceptors (Lipinski definition) is 3. The van der Waals surface area contributed by atoms with Crippen LogP contribution in [0.3, 0.4) is 0 Å². The van der Waals surface area contributed by atoms with Gasteiger partial charge in [-0.25, -0.2) is 0 Å². The number of carbonyl (C=O) groups is 1. The van der Waals surface area contributed by atoms with E-state index < -0.39 is 5.54 Å². The van der Waals surface area contributed by atoms with Crippen LogP contribution in [-0.4, -0.2) is 43.0 Å². The molecule has 0 bridgehead atoms. The van der Waals surface area contributed by atoms with Crippen LogP contribution in [0.1, 0.15) is 53.4 Å². The van der Waals surface area contributed by atoms with Crippen molar-refractivity contribution in [3.8, 4) is 0 Å². The van der Waals surface area contributed by atoms with E-state index in [2.05, 4.69) is 38.2 Å². The molecule has 0 aliphatic heterocycles. The molecule has 0 aromatic heterocycles. The maximum Gasteiger partial charge on any atom is 0.239 e. The van der Waals surface area contributed by atoms with Crippen LogP contribution < -0.4 is 11.1 Å². The van der Waals surface area contributed by atoms with Gasteiger partial charge in [0.05, 0.1) is 5.54 Å². The Balaban J connectivity index is 4.52. The first kappa shape index (κ1) is 18.4. The normalized spacial score (nSPS) is 16.5. The van der Waals surface area contributed by atoms with E-state index in [9.17, 15) is 4.79 Å². The molecule has 114 valence electrons. The van der Waals surface area contributed by atoms with E-state index >= 15 is 0 Å². The zero-order valence-corrected chi connectivity index (χ0v) is 13.6. The number of likely N-dealkylation sites (N-methyl/N-ethyl adjacent to an activating group) is 1. The highest BCUT2D eigenvalue weighted by atomic mass is 16.2. The van der Waals surface area contributed by atoms with Gasteiger partial charge >= 0.3 is 0 Å². The molecule has 3 N–H and O–H groups in total. The predicted molar refractivity (Wildman–Crippen MR) is 82.1 cm³/mol. The van der Waals surface area contributed by atoms with Crippen molar-refractivity contribution in [2.75, 3.05) is 20.6 Å². The second kappa shape index (κ2) is 8.54. The number of nitrogens with one attached hydrogen (secondary N) is 1. The van der Waals surface area contributed by atoms with E-state index in [0.29, 0.717) is 18.5 Å². The smallest absolute Gasteiger partial charge is 0.239 e. The third-order valence-electron chi connectivity index (χ3n) is 4.02. The summed E-state index contributed by atoms with van der Waals surface area (Å²) in [5.41, 5.74) is 5.30. The van der Waals surface area contributed by atoms with Crippen LogP contribution in [0.4, 0.5) is 0 Å². The Morgan fingerprint density at radius 2 is 1.79 bits per heavy atom. The van der Waals surface area contributed by atoms with E-state index in [1.165, 1.54) is 0 Å². The molecule has 0 radical (unpaired) electrons. The highest BCUT2D eigenvalue weighted by Crippen LogP contribution is 2.17. The summed E-state index contributed by atoms with van der Waals surface area (Å²) < 4.78 is 0. The van der Waals surface area contributed by atoms with Crippen LogP contribution >= 0.6 is 0 Å². The summed E-state index contributed by atoms with van der Waals surface area (Å²) in [5, 5.41) is 3.03. The fraction of sp³-hybridized carbons (Fsp3) is 0.933. The Morgan fingerprint density at radius 3 is 2.16 bits per heavy atom. The van der Waals surface area contributed by atoms with Gasteiger partial charge in [0.1, 0.15) is 0 Å². The highest BCUT2D eigenvalue weighted by molar-refractivity contribution is 5.85. The molecule has 0 heterocycles. The number of rotatable bonds is 9. The number of nitrogens with two attached hydrogens (primary N) is 1. The Hall–Kier alpha value is -0.610. The SMILES string of the molecule is CCCC(C)(N)C(=O)NCC(C(CC)CC)N(C)C. The molecule has 1 amide bonds. The average Bonchev–Trinajstić information content (AvgIpc) is 2.33. The summed E-state index contributed by atoms with van der Waals surface area (Å²) in [6.45, 7) is 8.95. The van der Waals surface area contributed by atoms with Gasteiger partial charge in [-0.3, -0.25) is 4.79 Å². The predicted octanol–water partition coefficient (Wildman–Crippen LogP) is 1.99. The van der Waals surface area contributed by atoms with Crippen molar-refractivity contribution in [1.29, 1.82) is 0 Å². The molecule has 0 aromatic carbocycles. The molecule has 2 unspecified atom stereocenters. The van der Waals surface area contributed by atoms with Gasteiger partial charge in [0.2, 0.25) is 5.91 Å². The molecule has 0 fully saturated rings. The second-order valence-corrected chi connectivity index (χ2v) is 5.99. The Kier molecular flexibility index (Phi) is 8.26. The van der Waals surface area contributed by atoms with E-state index in [1.54, 1.807) is 0 Å². The van der Waals surface area contributed by atoms with Crippen molar-refractivity contribution in [3.05, 3.63) is 0 Å². The minimum absolute atomic E-state index is 0.0350. The average molecular weight is 271 g/mol. The quantitative estimate of drug-likeness (QED) is 0.674. The number of carbonyl (C=O) groups excluding carboxylic acids is 1. The molecule has 0 saturated carbocycles. The molecule has 0 spiro atoms. The lowest BCUT2D eigenvalue weighted by atomic mass is 9.92. The zero-order valence-electron chi connectivity index (χ0n) is 13.6. The van der Waals surface area contributed by atoms with Crippen molar-refractivity contribution < 1.29 is 4.79 Å². The molecular formula is C15H33N3O. The van der Waals surface area contributed by atoms with E-state index in [4.69, 9.17) is 5.73 Å². The minimum atomic E-state index is -0.750. The van der Waals surface area contributed by atoms with Gasteiger partial charge in [0.25, 0.3) is 0 Å². The van der Waals surface area contributed by atoms with Gasteiger partial charge in [-0.05, 0) is 33.4 Å². The van der Waals surface area contributed by atoms with Crippen LogP contribution in [0.5, 0.6) is 0 Å². The van der Waals surface area contributed by atoms with E-state index in [0.717, 1.165) is 25.7 Å². The highest BCUT2D eigenvalue weighted by Gasteiger charge is 2.28. The van der Waals surface area contributed by atoms with Crippen LogP contribution in [0.15, 0.2) is 0 Å². The lowest BCUT2D eigenvalue weighted by Gasteiger charge is -2.33. The van der Waals surface area contributed by atoms with Gasteiger partial charge in [-0.15, -0.1) is 0 Å². The Morgan fingerprint density at radius 1 is 1.26 bits per heavy atom. The third-order valence-corrected chi connectivity index (χ3v) is 4.02. The van der Waals surface area contributed by atoms with E-state index in [-0.39, 0.29) is 5.91 Å². The van der Waals surface area contributed by atoms with Crippen LogP contribution in [0.25, 0.3) is 0 Å². The van der Waals surface area contributed by atoms with Gasteiger partial charge in [0, 0.05) is 12.6 Å². The molecule has 0 aliphatic rings. The number of amides is 1. The van der Waals surface area contributed by atoms with Gasteiger partial charge < -0.3 is 16.0 Å². The summed E-state index contributed by atoms with van der Waals surface area (Å²) in [5.74, 6) is 0.567. The second-order valence-electron chi connectivity index (χ2n) is 5.99. The number of hydrogen-bond donors (Lipinski definition) is 2. The summed E-state index contributed by atoms with van der Waals surface area (Å²) in [6.07, 6.45) is 3.90. The topological polar surface area (TPSA) is 58.4 Å². The van der Waals surface area contributed by atoms with Crippen molar-refractivity contribution in [2.45, 2.75) is 65.0 Å². The molecule has 0 rings (SSSR count). The molecule has 0 aromatic rings. The van der Waals surface area contributed by atoms with Gasteiger partial charge in [-0.1, -0.05) is 40.0 Å². The van der Waals surface area contributed by atoms with Gasteiger partial charge in [-0.2, -0.15) is 0 Å². The largest absolute Gasteiger partial charge is 0.353 e. The summed E-state index contributed by atoms with van der Waals surface area (Å²) in [7, 11) is 4.14. The van der Waals surface area contributed by atoms with Crippen LogP contribution in [0, 0.1) is 5.92 Å². The molecule has 4 nitrogen and oxygen atoms in total. The fourth-order valence-corrected chi connectivity index (χ4v) is 2.64. The van der Waals surface area contributed by atoms with E-state index in [1.807, 2.05) is 13.8 Å². The monoisotopic (exact) mass is 271 g/mol. The molecular weight excluding hydrogens is 238 g/mol. The van der Waals surface area contributed by atoms with Crippen molar-refractivity contribution in [1.82, 2.24) is 10.2 Å². The molecule has 0 saturated heterocycles. The maximum atomic E-state index is 12.1. The standard InChI is InChI=1S/C15H33N3O/c1-7-10-15(4,16)14(19)17-11-13(18(5)6)12(8-2)9-3/h12-13H,7-11,16H2,1-6H3,(H,17,19). The lowest BCUT2D eigenvalue weighted by molar-refractivity contribution is -0.126. The first-order chi connectivity index (χ1) is 8.80. The lowest BCUT2D eigenvalue weighted by Crippen LogP contribution is -2.54. The summed E-state index contributed by atoms with van der Waals surface area (Å²) in [6, 6.07) is 0.372. The first-order valence-electron chi connectivity index (χ1n) is 7.53. The summed E-state index contributed by atoms with van der Waals surface area (Å²) >= 11 is 0.